The van der Waals surface area contributed by atoms with Crippen molar-refractivity contribution in [3.63, 3.8) is 0 Å². The van der Waals surface area contributed by atoms with Crippen LogP contribution in [0, 0.1) is 6.92 Å². The maximum Gasteiger partial charge on any atom is 0.120 e. The van der Waals surface area contributed by atoms with E-state index in [0.717, 1.165) is 30.2 Å². The Morgan fingerprint density at radius 1 is 1.05 bits per heavy atom. The molecule has 19 heavy (non-hydrogen) atoms. The fourth-order valence-electron chi connectivity index (χ4n) is 1.75. The maximum absolute atomic E-state index is 9.82. The molecule has 2 nitrogen and oxygen atoms in total. The third-order valence-corrected chi connectivity index (χ3v) is 4.41. The Morgan fingerprint density at radius 3 is 2.32 bits per heavy atom. The van der Waals surface area contributed by atoms with Crippen LogP contribution in [0.1, 0.15) is 11.1 Å². The van der Waals surface area contributed by atoms with Crippen molar-refractivity contribution in [3.05, 3.63) is 54.9 Å². The highest BCUT2D eigenvalue weighted by Crippen LogP contribution is 2.35. The molecule has 5 heteroatoms. The van der Waals surface area contributed by atoms with E-state index < -0.39 is 0 Å². The molecule has 0 radical (unpaired) electrons. The number of phenols is 1. The Kier molecular flexibility index (Phi) is 4.92. The average molecular weight is 450 g/mol. The van der Waals surface area contributed by atoms with Crippen molar-refractivity contribution >= 4 is 53.5 Å². The Labute approximate surface area is 137 Å². The molecule has 0 bridgehead atoms. The van der Waals surface area contributed by atoms with Gasteiger partial charge in [-0.15, -0.1) is 0 Å². The van der Waals surface area contributed by atoms with E-state index in [1.165, 1.54) is 0 Å². The zero-order chi connectivity index (χ0) is 14.0. The summed E-state index contributed by atoms with van der Waals surface area (Å²) >= 11 is 10.5. The largest absolute Gasteiger partial charge is 0.508 e. The lowest BCUT2D eigenvalue weighted by Crippen LogP contribution is -2.01. The van der Waals surface area contributed by atoms with Crippen molar-refractivity contribution in [3.8, 4) is 5.75 Å². The van der Waals surface area contributed by atoms with Crippen LogP contribution < -0.4 is 5.32 Å². The maximum atomic E-state index is 9.82. The molecule has 0 aromatic heterocycles. The van der Waals surface area contributed by atoms with E-state index in [-0.39, 0.29) is 0 Å². The molecule has 2 rings (SSSR count). The van der Waals surface area contributed by atoms with Gasteiger partial charge in [0.25, 0.3) is 0 Å². The number of benzene rings is 2. The average Bonchev–Trinajstić information content (AvgIpc) is 2.32. The summed E-state index contributed by atoms with van der Waals surface area (Å²) in [5.74, 6) is 0.308. The van der Waals surface area contributed by atoms with Crippen molar-refractivity contribution in [2.45, 2.75) is 13.5 Å². The monoisotopic (exact) mass is 447 g/mol. The van der Waals surface area contributed by atoms with E-state index in [9.17, 15) is 5.11 Å². The first-order valence-corrected chi connectivity index (χ1v) is 8.02. The molecule has 0 saturated carbocycles. The number of aromatic hydroxyl groups is 1. The van der Waals surface area contributed by atoms with Crippen LogP contribution in [0.2, 0.25) is 0 Å². The SMILES string of the molecule is Cc1ccc(O)c(CNc2c(Br)cc(Br)cc2Br)c1. The van der Waals surface area contributed by atoms with Gasteiger partial charge in [-0.05, 0) is 57.0 Å². The number of hydrogen-bond donors (Lipinski definition) is 2. The second-order valence-corrected chi connectivity index (χ2v) is 6.85. The normalized spacial score (nSPS) is 10.5. The van der Waals surface area contributed by atoms with Gasteiger partial charge in [-0.1, -0.05) is 33.6 Å². The van der Waals surface area contributed by atoms with E-state index in [0.29, 0.717) is 12.3 Å². The minimum absolute atomic E-state index is 0.308. The molecule has 0 amide bonds. The Bertz CT molecular complexity index is 591. The minimum atomic E-state index is 0.308. The number of nitrogens with one attached hydrogen (secondary N) is 1. The zero-order valence-electron chi connectivity index (χ0n) is 10.2. The summed E-state index contributed by atoms with van der Waals surface area (Å²) in [7, 11) is 0. The lowest BCUT2D eigenvalue weighted by Gasteiger charge is -2.13. The molecular weight excluding hydrogens is 438 g/mol. The first-order chi connectivity index (χ1) is 8.97. The predicted octanol–water partition coefficient (Wildman–Crippen LogP) is 5.60. The Balaban J connectivity index is 2.21. The Morgan fingerprint density at radius 2 is 1.68 bits per heavy atom. The van der Waals surface area contributed by atoms with E-state index >= 15 is 0 Å². The van der Waals surface area contributed by atoms with Crippen molar-refractivity contribution in [2.75, 3.05) is 5.32 Å². The van der Waals surface area contributed by atoms with Gasteiger partial charge in [0.05, 0.1) is 5.69 Å². The molecule has 2 N–H and O–H groups in total. The molecule has 100 valence electrons. The summed E-state index contributed by atoms with van der Waals surface area (Å²) in [4.78, 5) is 0. The summed E-state index contributed by atoms with van der Waals surface area (Å²) < 4.78 is 2.91. The fraction of sp³-hybridized carbons (Fsp3) is 0.143. The number of rotatable bonds is 3. The highest BCUT2D eigenvalue weighted by Gasteiger charge is 2.08. The Hall–Kier alpha value is -0.520. The van der Waals surface area contributed by atoms with Crippen LogP contribution >= 0.6 is 47.8 Å². The van der Waals surface area contributed by atoms with Crippen molar-refractivity contribution in [2.24, 2.45) is 0 Å². The smallest absolute Gasteiger partial charge is 0.120 e. The molecule has 0 aliphatic heterocycles. The van der Waals surface area contributed by atoms with Crippen LogP contribution in [-0.4, -0.2) is 5.11 Å². The van der Waals surface area contributed by atoms with E-state index in [1.54, 1.807) is 6.07 Å². The van der Waals surface area contributed by atoms with Gasteiger partial charge in [-0.2, -0.15) is 0 Å². The van der Waals surface area contributed by atoms with Crippen LogP contribution in [0.4, 0.5) is 5.69 Å². The van der Waals surface area contributed by atoms with Crippen LogP contribution in [0.25, 0.3) is 0 Å². The van der Waals surface area contributed by atoms with E-state index in [1.807, 2.05) is 31.2 Å². The highest BCUT2D eigenvalue weighted by molar-refractivity contribution is 9.11. The third-order valence-electron chi connectivity index (χ3n) is 2.70. The van der Waals surface area contributed by atoms with Crippen molar-refractivity contribution in [1.82, 2.24) is 0 Å². The number of hydrogen-bond acceptors (Lipinski definition) is 2. The summed E-state index contributed by atoms with van der Waals surface area (Å²) in [6, 6.07) is 9.54. The summed E-state index contributed by atoms with van der Waals surface area (Å²) in [5, 5.41) is 13.1. The molecule has 0 fully saturated rings. The molecular formula is C14H12Br3NO. The zero-order valence-corrected chi connectivity index (χ0v) is 14.9. The molecule has 0 atom stereocenters. The van der Waals surface area contributed by atoms with Crippen molar-refractivity contribution < 1.29 is 5.11 Å². The second kappa shape index (κ2) is 6.29. The van der Waals surface area contributed by atoms with Gasteiger partial charge in [-0.25, -0.2) is 0 Å². The van der Waals surface area contributed by atoms with Gasteiger partial charge in [0.2, 0.25) is 0 Å². The highest BCUT2D eigenvalue weighted by atomic mass is 79.9. The third kappa shape index (κ3) is 3.74. The number of anilines is 1. The van der Waals surface area contributed by atoms with Crippen LogP contribution in [0.3, 0.4) is 0 Å². The van der Waals surface area contributed by atoms with Gasteiger partial charge in [0.1, 0.15) is 5.75 Å². The van der Waals surface area contributed by atoms with Crippen LogP contribution in [0.5, 0.6) is 5.75 Å². The number of halogens is 3. The van der Waals surface area contributed by atoms with E-state index in [4.69, 9.17) is 0 Å². The first kappa shape index (κ1) is 14.9. The van der Waals surface area contributed by atoms with Gasteiger partial charge < -0.3 is 10.4 Å². The summed E-state index contributed by atoms with van der Waals surface area (Å²) in [5.41, 5.74) is 2.97. The van der Waals surface area contributed by atoms with E-state index in [2.05, 4.69) is 53.1 Å². The topological polar surface area (TPSA) is 32.3 Å². The van der Waals surface area contributed by atoms with Crippen LogP contribution in [-0.2, 0) is 6.54 Å². The number of phenolic OH excluding ortho intramolecular Hbond substituents is 1. The molecule has 0 saturated heterocycles. The minimum Gasteiger partial charge on any atom is -0.508 e. The van der Waals surface area contributed by atoms with Gasteiger partial charge in [0, 0.05) is 25.5 Å². The quantitative estimate of drug-likeness (QED) is 0.639. The van der Waals surface area contributed by atoms with Gasteiger partial charge in [-0.3, -0.25) is 0 Å². The molecule has 2 aromatic carbocycles. The van der Waals surface area contributed by atoms with Gasteiger partial charge >= 0.3 is 0 Å². The standard InChI is InChI=1S/C14H12Br3NO/c1-8-2-3-13(19)9(4-8)7-18-14-11(16)5-10(15)6-12(14)17/h2-6,18-19H,7H2,1H3. The second-order valence-electron chi connectivity index (χ2n) is 4.23. The molecule has 2 aromatic rings. The molecule has 0 aliphatic carbocycles. The van der Waals surface area contributed by atoms with Gasteiger partial charge in [0.15, 0.2) is 0 Å². The number of aryl methyl sites for hydroxylation is 1. The molecule has 0 heterocycles. The predicted molar refractivity (Wildman–Crippen MR) is 89.7 cm³/mol. The molecule has 0 spiro atoms. The summed E-state index contributed by atoms with van der Waals surface area (Å²) in [6.07, 6.45) is 0. The van der Waals surface area contributed by atoms with Crippen molar-refractivity contribution in [1.29, 1.82) is 0 Å². The van der Waals surface area contributed by atoms with Crippen LogP contribution in [0.15, 0.2) is 43.7 Å². The molecule has 0 aliphatic rings. The molecule has 0 unspecified atom stereocenters. The first-order valence-electron chi connectivity index (χ1n) is 5.64. The summed E-state index contributed by atoms with van der Waals surface area (Å²) in [6.45, 7) is 2.57. The lowest BCUT2D eigenvalue weighted by molar-refractivity contribution is 0.469. The fourth-order valence-corrected chi connectivity index (χ4v) is 4.29. The lowest BCUT2D eigenvalue weighted by atomic mass is 10.1.